The smallest absolute Gasteiger partial charge is 0.274 e. The van der Waals surface area contributed by atoms with Crippen LogP contribution in [-0.2, 0) is 6.54 Å². The summed E-state index contributed by atoms with van der Waals surface area (Å²) in [4.78, 5) is 10.6. The number of anilines is 1. The molecule has 21 heavy (non-hydrogen) atoms. The summed E-state index contributed by atoms with van der Waals surface area (Å²) in [5.74, 6) is 0. The van der Waals surface area contributed by atoms with Crippen LogP contribution in [0.4, 0.5) is 11.4 Å². The third kappa shape index (κ3) is 3.74. The van der Waals surface area contributed by atoms with Gasteiger partial charge in [-0.05, 0) is 59.1 Å². The molecule has 0 bridgehead atoms. The number of hydrogen-bond acceptors (Lipinski definition) is 3. The second-order valence-corrected chi connectivity index (χ2v) is 6.11. The number of nitro groups is 1. The first-order valence-electron chi connectivity index (χ1n) is 6.32. The number of nitro benzene ring substituents is 1. The third-order valence-corrected chi connectivity index (χ3v) is 3.99. The molecule has 0 heterocycles. The van der Waals surface area contributed by atoms with E-state index in [1.54, 1.807) is 6.07 Å². The van der Waals surface area contributed by atoms with Crippen molar-refractivity contribution in [1.29, 1.82) is 0 Å². The molecule has 0 aliphatic heterocycles. The minimum absolute atomic E-state index is 0.0628. The summed E-state index contributed by atoms with van der Waals surface area (Å²) in [6, 6.07) is 8.62. The highest BCUT2D eigenvalue weighted by Gasteiger charge is 2.14. The van der Waals surface area contributed by atoms with Crippen LogP contribution in [0.15, 0.2) is 34.8 Å². The van der Waals surface area contributed by atoms with Gasteiger partial charge >= 0.3 is 0 Å². The van der Waals surface area contributed by atoms with Crippen LogP contribution in [0.25, 0.3) is 0 Å². The van der Waals surface area contributed by atoms with E-state index in [9.17, 15) is 10.1 Å². The van der Waals surface area contributed by atoms with Crippen molar-refractivity contribution in [3.63, 3.8) is 0 Å². The highest BCUT2D eigenvalue weighted by molar-refractivity contribution is 9.10. The summed E-state index contributed by atoms with van der Waals surface area (Å²) < 4.78 is 0.935. The van der Waals surface area contributed by atoms with Crippen molar-refractivity contribution in [3.05, 3.63) is 66.6 Å². The van der Waals surface area contributed by atoms with E-state index in [-0.39, 0.29) is 5.69 Å². The van der Waals surface area contributed by atoms with E-state index in [2.05, 4.69) is 27.3 Å². The molecule has 0 atom stereocenters. The minimum Gasteiger partial charge on any atom is -0.380 e. The molecule has 0 aliphatic rings. The van der Waals surface area contributed by atoms with Crippen LogP contribution < -0.4 is 5.32 Å². The molecular weight excluding hydrogens is 356 g/mol. The fourth-order valence-electron chi connectivity index (χ4n) is 2.20. The molecule has 110 valence electrons. The average molecular weight is 370 g/mol. The van der Waals surface area contributed by atoms with Crippen LogP contribution in [0.5, 0.6) is 0 Å². The van der Waals surface area contributed by atoms with Crippen molar-refractivity contribution >= 4 is 38.9 Å². The van der Waals surface area contributed by atoms with E-state index in [4.69, 9.17) is 11.6 Å². The summed E-state index contributed by atoms with van der Waals surface area (Å²) in [6.07, 6.45) is 0. The van der Waals surface area contributed by atoms with Crippen molar-refractivity contribution in [3.8, 4) is 0 Å². The maximum absolute atomic E-state index is 11.0. The summed E-state index contributed by atoms with van der Waals surface area (Å²) >= 11 is 9.44. The van der Waals surface area contributed by atoms with Crippen molar-refractivity contribution in [2.45, 2.75) is 20.4 Å². The molecule has 0 saturated heterocycles. The number of aryl methyl sites for hydroxylation is 2. The largest absolute Gasteiger partial charge is 0.380 e. The van der Waals surface area contributed by atoms with Crippen LogP contribution in [0, 0.1) is 24.0 Å². The van der Waals surface area contributed by atoms with Gasteiger partial charge in [-0.15, -0.1) is 0 Å². The van der Waals surface area contributed by atoms with E-state index in [0.29, 0.717) is 17.1 Å². The topological polar surface area (TPSA) is 55.2 Å². The van der Waals surface area contributed by atoms with E-state index >= 15 is 0 Å². The van der Waals surface area contributed by atoms with Crippen molar-refractivity contribution < 1.29 is 4.92 Å². The lowest BCUT2D eigenvalue weighted by molar-refractivity contribution is -0.385. The Hall–Kier alpha value is -1.59. The van der Waals surface area contributed by atoms with Crippen molar-refractivity contribution in [2.75, 3.05) is 5.32 Å². The van der Waals surface area contributed by atoms with Gasteiger partial charge in [0.25, 0.3) is 5.69 Å². The lowest BCUT2D eigenvalue weighted by atomic mass is 10.1. The summed E-state index contributed by atoms with van der Waals surface area (Å²) in [5, 5.41) is 14.8. The van der Waals surface area contributed by atoms with Crippen LogP contribution in [0.2, 0.25) is 5.02 Å². The Morgan fingerprint density at radius 2 is 2.00 bits per heavy atom. The molecule has 6 heteroatoms. The first-order valence-corrected chi connectivity index (χ1v) is 7.49. The average Bonchev–Trinajstić information content (AvgIpc) is 2.37. The zero-order chi connectivity index (χ0) is 15.6. The first-order chi connectivity index (χ1) is 9.88. The molecule has 0 unspecified atom stereocenters. The first kappa shape index (κ1) is 15.8. The Bertz CT molecular complexity index is 681. The van der Waals surface area contributed by atoms with Crippen LogP contribution in [0.1, 0.15) is 16.7 Å². The highest BCUT2D eigenvalue weighted by atomic mass is 79.9. The van der Waals surface area contributed by atoms with E-state index in [0.717, 1.165) is 21.3 Å². The second-order valence-electron chi connectivity index (χ2n) is 4.82. The molecule has 0 aromatic heterocycles. The molecule has 2 rings (SSSR count). The zero-order valence-electron chi connectivity index (χ0n) is 11.6. The number of halogens is 2. The minimum atomic E-state index is -0.398. The normalized spacial score (nSPS) is 10.5. The number of nitrogens with zero attached hydrogens (tertiary/aromatic N) is 1. The van der Waals surface area contributed by atoms with Gasteiger partial charge in [0.2, 0.25) is 0 Å². The van der Waals surface area contributed by atoms with Gasteiger partial charge in [0, 0.05) is 22.1 Å². The molecule has 0 radical (unpaired) electrons. The molecule has 0 spiro atoms. The number of hydrogen-bond donors (Lipinski definition) is 1. The van der Waals surface area contributed by atoms with Gasteiger partial charge in [-0.1, -0.05) is 17.7 Å². The molecule has 0 saturated carbocycles. The standard InChI is InChI=1S/C15H14BrClN2O2/c1-9-5-10(2)15(13(16)6-9)18-8-11-7-12(17)3-4-14(11)19(20)21/h3-7,18H,8H2,1-2H3. The highest BCUT2D eigenvalue weighted by Crippen LogP contribution is 2.30. The number of rotatable bonds is 4. The molecule has 4 nitrogen and oxygen atoms in total. The predicted molar refractivity (Wildman–Crippen MR) is 89.0 cm³/mol. The van der Waals surface area contributed by atoms with E-state index < -0.39 is 4.92 Å². The monoisotopic (exact) mass is 368 g/mol. The lowest BCUT2D eigenvalue weighted by Gasteiger charge is -2.13. The number of nitrogens with one attached hydrogen (secondary N) is 1. The van der Waals surface area contributed by atoms with Gasteiger partial charge in [-0.25, -0.2) is 0 Å². The lowest BCUT2D eigenvalue weighted by Crippen LogP contribution is -2.05. The van der Waals surface area contributed by atoms with E-state index in [1.807, 2.05) is 19.9 Å². The Labute approximate surface area is 136 Å². The van der Waals surface area contributed by atoms with Crippen molar-refractivity contribution in [1.82, 2.24) is 0 Å². The van der Waals surface area contributed by atoms with Crippen molar-refractivity contribution in [2.24, 2.45) is 0 Å². The second kappa shape index (κ2) is 6.45. The Kier molecular flexibility index (Phi) is 4.85. The summed E-state index contributed by atoms with van der Waals surface area (Å²) in [5.41, 5.74) is 3.77. The molecule has 1 N–H and O–H groups in total. The third-order valence-electron chi connectivity index (χ3n) is 3.13. The van der Waals surface area contributed by atoms with Gasteiger partial charge in [-0.3, -0.25) is 10.1 Å². The van der Waals surface area contributed by atoms with Crippen LogP contribution in [0.3, 0.4) is 0 Å². The summed E-state index contributed by atoms with van der Waals surface area (Å²) in [6.45, 7) is 4.34. The van der Waals surface area contributed by atoms with Gasteiger partial charge < -0.3 is 5.32 Å². The molecule has 0 aliphatic carbocycles. The molecule has 0 fully saturated rings. The fourth-order valence-corrected chi connectivity index (χ4v) is 3.21. The van der Waals surface area contributed by atoms with Gasteiger partial charge in [0.1, 0.15) is 0 Å². The van der Waals surface area contributed by atoms with E-state index in [1.165, 1.54) is 12.1 Å². The SMILES string of the molecule is Cc1cc(C)c(NCc2cc(Cl)ccc2[N+](=O)[O-])c(Br)c1. The maximum Gasteiger partial charge on any atom is 0.274 e. The molecular formula is C15H14BrClN2O2. The Morgan fingerprint density at radius 1 is 1.29 bits per heavy atom. The summed E-state index contributed by atoms with van der Waals surface area (Å²) in [7, 11) is 0. The van der Waals surface area contributed by atoms with Crippen LogP contribution >= 0.6 is 27.5 Å². The maximum atomic E-state index is 11.0. The van der Waals surface area contributed by atoms with Gasteiger partial charge in [-0.2, -0.15) is 0 Å². The number of benzene rings is 2. The predicted octanol–water partition coefficient (Wildman–Crippen LogP) is 5.24. The Morgan fingerprint density at radius 3 is 2.62 bits per heavy atom. The van der Waals surface area contributed by atoms with Gasteiger partial charge in [0.15, 0.2) is 0 Å². The molecule has 2 aromatic rings. The molecule has 0 amide bonds. The fraction of sp³-hybridized carbons (Fsp3) is 0.200. The molecule has 2 aromatic carbocycles. The quantitative estimate of drug-likeness (QED) is 0.592. The van der Waals surface area contributed by atoms with Gasteiger partial charge in [0.05, 0.1) is 16.2 Å². The Balaban J connectivity index is 2.28. The van der Waals surface area contributed by atoms with Crippen LogP contribution in [-0.4, -0.2) is 4.92 Å². The zero-order valence-corrected chi connectivity index (χ0v) is 14.0.